The Morgan fingerprint density at radius 1 is 1.00 bits per heavy atom. The molecule has 0 spiro atoms. The summed E-state index contributed by atoms with van der Waals surface area (Å²) in [6.07, 6.45) is 2.99. The molecule has 0 amide bonds. The third-order valence-electron chi connectivity index (χ3n) is 3.67. The molecular formula is C18H19N3O2S. The molecule has 0 fully saturated rings. The maximum absolute atomic E-state index is 12.3. The third kappa shape index (κ3) is 4.45. The first-order valence-corrected chi connectivity index (χ1v) is 9.42. The zero-order valence-corrected chi connectivity index (χ0v) is 14.0. The van der Waals surface area contributed by atoms with Gasteiger partial charge in [0.05, 0.1) is 11.4 Å². The first-order valence-electron chi connectivity index (χ1n) is 7.77. The minimum atomic E-state index is -3.37. The lowest BCUT2D eigenvalue weighted by atomic mass is 10.1. The molecule has 0 radical (unpaired) electrons. The molecule has 3 rings (SSSR count). The standard InChI is InChI=1S/C18H19N3O2S/c22-24(23,13-5-8-15-6-2-1-3-7-15)21-17-10-4-9-16(14-17)18-11-12-19-20-18/h1-4,6-7,9-12,14,21H,5,8,13H2,(H,19,20). The molecule has 3 aromatic rings. The quantitative estimate of drug-likeness (QED) is 0.691. The Balaban J connectivity index is 1.61. The number of hydrogen-bond donors (Lipinski definition) is 2. The highest BCUT2D eigenvalue weighted by Crippen LogP contribution is 2.21. The van der Waals surface area contributed by atoms with Crippen molar-refractivity contribution in [2.75, 3.05) is 10.5 Å². The van der Waals surface area contributed by atoms with Gasteiger partial charge in [-0.15, -0.1) is 0 Å². The summed E-state index contributed by atoms with van der Waals surface area (Å²) in [7, 11) is -3.37. The second kappa shape index (κ2) is 7.31. The normalized spacial score (nSPS) is 11.3. The molecule has 0 saturated heterocycles. The van der Waals surface area contributed by atoms with E-state index in [0.29, 0.717) is 12.1 Å². The van der Waals surface area contributed by atoms with Gasteiger partial charge in [-0.25, -0.2) is 8.42 Å². The Morgan fingerprint density at radius 3 is 2.58 bits per heavy atom. The molecule has 2 aromatic carbocycles. The Morgan fingerprint density at radius 2 is 1.83 bits per heavy atom. The summed E-state index contributed by atoms with van der Waals surface area (Å²) in [5.41, 5.74) is 3.44. The van der Waals surface area contributed by atoms with Crippen molar-refractivity contribution in [1.29, 1.82) is 0 Å². The van der Waals surface area contributed by atoms with Gasteiger partial charge in [0.2, 0.25) is 10.0 Å². The first-order chi connectivity index (χ1) is 11.6. The first kappa shape index (κ1) is 16.3. The van der Waals surface area contributed by atoms with Crippen LogP contribution in [0.5, 0.6) is 0 Å². The van der Waals surface area contributed by atoms with Crippen LogP contribution in [-0.2, 0) is 16.4 Å². The van der Waals surface area contributed by atoms with Crippen molar-refractivity contribution in [3.63, 3.8) is 0 Å². The van der Waals surface area contributed by atoms with E-state index in [-0.39, 0.29) is 5.75 Å². The average molecular weight is 341 g/mol. The summed E-state index contributed by atoms with van der Waals surface area (Å²) in [4.78, 5) is 0. The maximum Gasteiger partial charge on any atom is 0.232 e. The van der Waals surface area contributed by atoms with Crippen molar-refractivity contribution < 1.29 is 8.42 Å². The smallest absolute Gasteiger partial charge is 0.232 e. The highest BCUT2D eigenvalue weighted by molar-refractivity contribution is 7.92. The van der Waals surface area contributed by atoms with E-state index in [4.69, 9.17) is 0 Å². The van der Waals surface area contributed by atoms with Gasteiger partial charge in [-0.05, 0) is 36.6 Å². The number of aryl methyl sites for hydroxylation is 1. The Hall–Kier alpha value is -2.60. The number of rotatable bonds is 7. The zero-order valence-electron chi connectivity index (χ0n) is 13.1. The molecule has 0 aliphatic rings. The van der Waals surface area contributed by atoms with Gasteiger partial charge in [0.25, 0.3) is 0 Å². The van der Waals surface area contributed by atoms with Gasteiger partial charge < -0.3 is 0 Å². The van der Waals surface area contributed by atoms with E-state index in [1.807, 2.05) is 48.5 Å². The number of sulfonamides is 1. The minimum Gasteiger partial charge on any atom is -0.284 e. The van der Waals surface area contributed by atoms with Crippen LogP contribution in [0.25, 0.3) is 11.3 Å². The van der Waals surface area contributed by atoms with E-state index < -0.39 is 10.0 Å². The van der Waals surface area contributed by atoms with E-state index in [0.717, 1.165) is 23.2 Å². The van der Waals surface area contributed by atoms with Gasteiger partial charge in [-0.3, -0.25) is 9.82 Å². The van der Waals surface area contributed by atoms with Crippen LogP contribution in [0.1, 0.15) is 12.0 Å². The summed E-state index contributed by atoms with van der Waals surface area (Å²) < 4.78 is 27.2. The fourth-order valence-electron chi connectivity index (χ4n) is 2.51. The fourth-order valence-corrected chi connectivity index (χ4v) is 3.62. The lowest BCUT2D eigenvalue weighted by Crippen LogP contribution is -2.17. The largest absolute Gasteiger partial charge is 0.284 e. The lowest BCUT2D eigenvalue weighted by Gasteiger charge is -2.09. The van der Waals surface area contributed by atoms with Gasteiger partial charge in [0.15, 0.2) is 0 Å². The summed E-state index contributed by atoms with van der Waals surface area (Å²) in [5.74, 6) is 0.0934. The van der Waals surface area contributed by atoms with E-state index in [2.05, 4.69) is 14.9 Å². The van der Waals surface area contributed by atoms with Crippen molar-refractivity contribution in [3.8, 4) is 11.3 Å². The van der Waals surface area contributed by atoms with Gasteiger partial charge in [-0.1, -0.05) is 42.5 Å². The van der Waals surface area contributed by atoms with E-state index in [1.165, 1.54) is 0 Å². The fraction of sp³-hybridized carbons (Fsp3) is 0.167. The third-order valence-corrected chi connectivity index (χ3v) is 5.04. The van der Waals surface area contributed by atoms with Crippen molar-refractivity contribution in [2.24, 2.45) is 0 Å². The van der Waals surface area contributed by atoms with Crippen molar-refractivity contribution in [1.82, 2.24) is 10.2 Å². The van der Waals surface area contributed by atoms with Crippen LogP contribution in [0.2, 0.25) is 0 Å². The predicted molar refractivity (Wildman–Crippen MR) is 96.2 cm³/mol. The summed E-state index contributed by atoms with van der Waals surface area (Å²) in [6, 6.07) is 19.0. The van der Waals surface area contributed by atoms with Crippen LogP contribution in [0, 0.1) is 0 Å². The second-order valence-electron chi connectivity index (χ2n) is 5.56. The second-order valence-corrected chi connectivity index (χ2v) is 7.40. The number of anilines is 1. The number of aromatic nitrogens is 2. The van der Waals surface area contributed by atoms with E-state index in [9.17, 15) is 8.42 Å². The molecule has 1 aromatic heterocycles. The van der Waals surface area contributed by atoms with Crippen molar-refractivity contribution in [3.05, 3.63) is 72.4 Å². The van der Waals surface area contributed by atoms with Crippen LogP contribution in [0.15, 0.2) is 66.9 Å². The SMILES string of the molecule is O=S(=O)(CCCc1ccccc1)Nc1cccc(-c2ccn[nH]2)c1. The van der Waals surface area contributed by atoms with Gasteiger partial charge in [-0.2, -0.15) is 5.10 Å². The monoisotopic (exact) mass is 341 g/mol. The summed E-state index contributed by atoms with van der Waals surface area (Å²) in [5, 5.41) is 6.78. The molecule has 0 saturated carbocycles. The van der Waals surface area contributed by atoms with Gasteiger partial charge >= 0.3 is 0 Å². The zero-order chi connectivity index (χ0) is 16.8. The molecule has 6 heteroatoms. The molecule has 124 valence electrons. The molecule has 0 unspecified atom stereocenters. The molecule has 0 aliphatic carbocycles. The molecule has 0 bridgehead atoms. The van der Waals surface area contributed by atoms with E-state index in [1.54, 1.807) is 18.3 Å². The minimum absolute atomic E-state index is 0.0934. The molecular weight excluding hydrogens is 322 g/mol. The number of benzene rings is 2. The van der Waals surface area contributed by atoms with Crippen LogP contribution in [-0.4, -0.2) is 24.4 Å². The number of hydrogen-bond acceptors (Lipinski definition) is 3. The predicted octanol–water partition coefficient (Wildman–Crippen LogP) is 3.45. The molecule has 2 N–H and O–H groups in total. The summed E-state index contributed by atoms with van der Waals surface area (Å²) >= 11 is 0. The topological polar surface area (TPSA) is 74.8 Å². The number of aromatic amines is 1. The van der Waals surface area contributed by atoms with Crippen molar-refractivity contribution >= 4 is 15.7 Å². The van der Waals surface area contributed by atoms with E-state index >= 15 is 0 Å². The number of H-pyrrole nitrogens is 1. The maximum atomic E-state index is 12.3. The van der Waals surface area contributed by atoms with Crippen LogP contribution >= 0.6 is 0 Å². The van der Waals surface area contributed by atoms with Gasteiger partial charge in [0, 0.05) is 17.4 Å². The molecule has 1 heterocycles. The number of nitrogens with zero attached hydrogens (tertiary/aromatic N) is 1. The highest BCUT2D eigenvalue weighted by atomic mass is 32.2. The molecule has 0 aliphatic heterocycles. The lowest BCUT2D eigenvalue weighted by molar-refractivity contribution is 0.598. The Kier molecular flexibility index (Phi) is 4.96. The van der Waals surface area contributed by atoms with Crippen molar-refractivity contribution in [2.45, 2.75) is 12.8 Å². The summed E-state index contributed by atoms with van der Waals surface area (Å²) in [6.45, 7) is 0. The highest BCUT2D eigenvalue weighted by Gasteiger charge is 2.11. The Bertz CT molecular complexity index is 876. The molecule has 24 heavy (non-hydrogen) atoms. The Labute approximate surface area is 141 Å². The number of nitrogens with one attached hydrogen (secondary N) is 2. The molecule has 0 atom stereocenters. The molecule has 5 nitrogen and oxygen atoms in total. The van der Waals surface area contributed by atoms with Gasteiger partial charge in [0.1, 0.15) is 0 Å². The van der Waals surface area contributed by atoms with Crippen LogP contribution in [0.3, 0.4) is 0 Å². The average Bonchev–Trinajstić information content (AvgIpc) is 3.10. The van der Waals surface area contributed by atoms with Crippen LogP contribution < -0.4 is 4.72 Å². The van der Waals surface area contributed by atoms with Crippen LogP contribution in [0.4, 0.5) is 5.69 Å².